The summed E-state index contributed by atoms with van der Waals surface area (Å²) in [5.41, 5.74) is 0.782. The average molecular weight is 311 g/mol. The Morgan fingerprint density at radius 3 is 2.43 bits per heavy atom. The molecule has 21 heavy (non-hydrogen) atoms. The Kier molecular flexibility index (Phi) is 5.37. The highest BCUT2D eigenvalue weighted by molar-refractivity contribution is 7.89. The molecule has 2 rings (SSSR count). The first-order valence-electron chi connectivity index (χ1n) is 7.49. The van der Waals surface area contributed by atoms with E-state index in [0.717, 1.165) is 24.8 Å². The zero-order chi connectivity index (χ0) is 15.5. The van der Waals surface area contributed by atoms with Crippen molar-refractivity contribution in [3.63, 3.8) is 0 Å². The van der Waals surface area contributed by atoms with E-state index in [1.807, 2.05) is 24.2 Å². The van der Waals surface area contributed by atoms with Crippen LogP contribution in [0.15, 0.2) is 29.2 Å². The molecule has 118 valence electrons. The molecule has 2 N–H and O–H groups in total. The Balaban J connectivity index is 2.26. The lowest BCUT2D eigenvalue weighted by molar-refractivity contribution is 0.0790. The average Bonchev–Trinajstić information content (AvgIpc) is 2.44. The Morgan fingerprint density at radius 1 is 1.19 bits per heavy atom. The molecule has 6 heteroatoms. The van der Waals surface area contributed by atoms with Gasteiger partial charge < -0.3 is 5.32 Å². The summed E-state index contributed by atoms with van der Waals surface area (Å²) in [4.78, 5) is 3.14. The van der Waals surface area contributed by atoms with Crippen molar-refractivity contribution < 1.29 is 8.42 Å². The first kappa shape index (κ1) is 16.4. The van der Waals surface area contributed by atoms with Gasteiger partial charge in [0.25, 0.3) is 10.0 Å². The van der Waals surface area contributed by atoms with Crippen molar-refractivity contribution in [2.45, 2.75) is 56.6 Å². The number of hydrazine groups is 1. The third kappa shape index (κ3) is 3.83. The molecular formula is C15H25N3O2S. The fraction of sp³-hybridized carbons (Fsp3) is 0.600. The minimum absolute atomic E-state index is 0.222. The van der Waals surface area contributed by atoms with Crippen molar-refractivity contribution in [1.82, 2.24) is 15.2 Å². The lowest BCUT2D eigenvalue weighted by atomic mass is 10.0. The smallest absolute Gasteiger partial charge is 0.253 e. The molecule has 0 radical (unpaired) electrons. The van der Waals surface area contributed by atoms with E-state index in [9.17, 15) is 8.42 Å². The molecule has 2 unspecified atom stereocenters. The molecule has 0 spiro atoms. The van der Waals surface area contributed by atoms with Gasteiger partial charge in [0.05, 0.1) is 4.90 Å². The van der Waals surface area contributed by atoms with Crippen molar-refractivity contribution in [3.8, 4) is 0 Å². The van der Waals surface area contributed by atoms with Crippen molar-refractivity contribution in [3.05, 3.63) is 29.8 Å². The second kappa shape index (κ2) is 6.87. The normalized spacial score (nSPS) is 24.1. The van der Waals surface area contributed by atoms with Crippen LogP contribution in [0.2, 0.25) is 0 Å². The van der Waals surface area contributed by atoms with Crippen LogP contribution in [-0.2, 0) is 16.6 Å². The summed E-state index contributed by atoms with van der Waals surface area (Å²) in [5, 5.41) is 4.90. The van der Waals surface area contributed by atoms with Crippen molar-refractivity contribution in [1.29, 1.82) is 0 Å². The zero-order valence-corrected chi connectivity index (χ0v) is 13.8. The number of nitrogens with one attached hydrogen (secondary N) is 2. The highest BCUT2D eigenvalue weighted by Gasteiger charge is 2.29. The largest absolute Gasteiger partial charge is 0.316 e. The van der Waals surface area contributed by atoms with Crippen LogP contribution in [-0.4, -0.2) is 32.6 Å². The predicted octanol–water partition coefficient (Wildman–Crippen LogP) is 1.86. The molecule has 1 aliphatic heterocycles. The van der Waals surface area contributed by atoms with Gasteiger partial charge in [0.15, 0.2) is 0 Å². The van der Waals surface area contributed by atoms with Crippen LogP contribution in [0.5, 0.6) is 0 Å². The van der Waals surface area contributed by atoms with E-state index in [1.165, 1.54) is 0 Å². The maximum Gasteiger partial charge on any atom is 0.253 e. The van der Waals surface area contributed by atoms with Crippen molar-refractivity contribution in [2.75, 3.05) is 7.05 Å². The van der Waals surface area contributed by atoms with Crippen LogP contribution in [0.3, 0.4) is 0 Å². The summed E-state index contributed by atoms with van der Waals surface area (Å²) in [6.07, 6.45) is 3.19. The highest BCUT2D eigenvalue weighted by atomic mass is 32.2. The third-order valence-corrected chi connectivity index (χ3v) is 5.48. The molecule has 5 nitrogen and oxygen atoms in total. The molecule has 0 saturated carbocycles. The van der Waals surface area contributed by atoms with Crippen LogP contribution in [0, 0.1) is 0 Å². The molecule has 2 atom stereocenters. The van der Waals surface area contributed by atoms with Gasteiger partial charge in [-0.2, -0.15) is 0 Å². The summed E-state index contributed by atoms with van der Waals surface area (Å²) < 4.78 is 25.4. The fourth-order valence-corrected chi connectivity index (χ4v) is 4.37. The standard InChI is InChI=1S/C15H25N3O2S/c1-12-7-6-8-13(2)18(12)17-21(19,20)15-10-5-4-9-14(15)11-16-3/h4-5,9-10,12-13,16-17H,6-8,11H2,1-3H3. The summed E-state index contributed by atoms with van der Waals surface area (Å²) >= 11 is 0. The van der Waals surface area contributed by atoms with Crippen LogP contribution >= 0.6 is 0 Å². The molecule has 0 aliphatic carbocycles. The Hall–Kier alpha value is -0.950. The minimum Gasteiger partial charge on any atom is -0.316 e. The number of piperidine rings is 1. The number of hydrogen-bond acceptors (Lipinski definition) is 4. The monoisotopic (exact) mass is 311 g/mol. The molecule has 1 aromatic rings. The summed E-state index contributed by atoms with van der Waals surface area (Å²) in [6.45, 7) is 4.66. The van der Waals surface area contributed by atoms with Gasteiger partial charge in [-0.25, -0.2) is 13.4 Å². The third-order valence-electron chi connectivity index (χ3n) is 4.05. The molecule has 1 heterocycles. The van der Waals surface area contributed by atoms with Gasteiger partial charge in [0.2, 0.25) is 0 Å². The molecule has 1 fully saturated rings. The van der Waals surface area contributed by atoms with Gasteiger partial charge in [0, 0.05) is 18.6 Å². The maximum absolute atomic E-state index is 12.7. The van der Waals surface area contributed by atoms with E-state index in [1.54, 1.807) is 12.1 Å². The summed E-state index contributed by atoms with van der Waals surface area (Å²) in [5.74, 6) is 0. The number of nitrogens with zero attached hydrogens (tertiary/aromatic N) is 1. The van der Waals surface area contributed by atoms with E-state index in [2.05, 4.69) is 24.0 Å². The van der Waals surface area contributed by atoms with E-state index in [0.29, 0.717) is 11.4 Å². The number of benzene rings is 1. The molecular weight excluding hydrogens is 286 g/mol. The van der Waals surface area contributed by atoms with Crippen LogP contribution in [0.25, 0.3) is 0 Å². The lowest BCUT2D eigenvalue weighted by Gasteiger charge is -2.38. The van der Waals surface area contributed by atoms with Crippen molar-refractivity contribution >= 4 is 10.0 Å². The van der Waals surface area contributed by atoms with Gasteiger partial charge >= 0.3 is 0 Å². The Morgan fingerprint density at radius 2 is 1.81 bits per heavy atom. The molecule has 1 saturated heterocycles. The quantitative estimate of drug-likeness (QED) is 0.871. The highest BCUT2D eigenvalue weighted by Crippen LogP contribution is 2.23. The van der Waals surface area contributed by atoms with Crippen LogP contribution < -0.4 is 10.1 Å². The molecule has 0 bridgehead atoms. The van der Waals surface area contributed by atoms with E-state index in [-0.39, 0.29) is 12.1 Å². The van der Waals surface area contributed by atoms with Gasteiger partial charge in [-0.05, 0) is 45.4 Å². The Bertz CT molecular complexity index is 564. The molecule has 1 aliphatic rings. The van der Waals surface area contributed by atoms with E-state index < -0.39 is 10.0 Å². The zero-order valence-electron chi connectivity index (χ0n) is 13.0. The van der Waals surface area contributed by atoms with E-state index in [4.69, 9.17) is 0 Å². The number of rotatable bonds is 5. The van der Waals surface area contributed by atoms with E-state index >= 15 is 0 Å². The van der Waals surface area contributed by atoms with Crippen LogP contribution in [0.4, 0.5) is 0 Å². The summed E-state index contributed by atoms with van der Waals surface area (Å²) in [7, 11) is -1.73. The van der Waals surface area contributed by atoms with Gasteiger partial charge in [-0.3, -0.25) is 0 Å². The first-order chi connectivity index (χ1) is 9.95. The topological polar surface area (TPSA) is 61.4 Å². The molecule has 1 aromatic carbocycles. The maximum atomic E-state index is 12.7. The number of hydrogen-bond donors (Lipinski definition) is 2. The molecule has 0 amide bonds. The second-order valence-electron chi connectivity index (χ2n) is 5.77. The fourth-order valence-electron chi connectivity index (χ4n) is 2.89. The minimum atomic E-state index is -3.54. The van der Waals surface area contributed by atoms with Crippen LogP contribution in [0.1, 0.15) is 38.7 Å². The summed E-state index contributed by atoms with van der Waals surface area (Å²) in [6, 6.07) is 7.57. The first-order valence-corrected chi connectivity index (χ1v) is 8.97. The number of sulfonamides is 1. The van der Waals surface area contributed by atoms with Gasteiger partial charge in [-0.1, -0.05) is 24.6 Å². The predicted molar refractivity (Wildman–Crippen MR) is 84.1 cm³/mol. The van der Waals surface area contributed by atoms with Crippen molar-refractivity contribution in [2.24, 2.45) is 0 Å². The second-order valence-corrected chi connectivity index (χ2v) is 7.40. The lowest BCUT2D eigenvalue weighted by Crippen LogP contribution is -2.54. The van der Waals surface area contributed by atoms with Gasteiger partial charge in [0.1, 0.15) is 0 Å². The molecule has 0 aromatic heterocycles. The van der Waals surface area contributed by atoms with Gasteiger partial charge in [-0.15, -0.1) is 4.83 Å². The SMILES string of the molecule is CNCc1ccccc1S(=O)(=O)NN1C(C)CCCC1C. The Labute approximate surface area is 127 Å².